The Labute approximate surface area is 132 Å². The summed E-state index contributed by atoms with van der Waals surface area (Å²) in [5.74, 6) is 0.469. The molecule has 6 nitrogen and oxygen atoms in total. The van der Waals surface area contributed by atoms with Crippen molar-refractivity contribution in [2.75, 3.05) is 11.9 Å². The van der Waals surface area contributed by atoms with Crippen LogP contribution in [0.4, 0.5) is 5.82 Å². The van der Waals surface area contributed by atoms with Crippen LogP contribution in [0.25, 0.3) is 0 Å². The monoisotopic (exact) mass is 346 g/mol. The highest BCUT2D eigenvalue weighted by Crippen LogP contribution is 2.22. The van der Waals surface area contributed by atoms with Gasteiger partial charge < -0.3 is 5.32 Å². The third-order valence-electron chi connectivity index (χ3n) is 2.58. The summed E-state index contributed by atoms with van der Waals surface area (Å²) in [7, 11) is -3.65. The van der Waals surface area contributed by atoms with Crippen molar-refractivity contribution in [1.29, 1.82) is 0 Å². The van der Waals surface area contributed by atoms with E-state index in [1.54, 1.807) is 6.20 Å². The molecule has 0 fully saturated rings. The molecule has 2 N–H and O–H groups in total. The van der Waals surface area contributed by atoms with Crippen molar-refractivity contribution in [3.05, 3.63) is 33.4 Å². The van der Waals surface area contributed by atoms with Crippen LogP contribution in [0.15, 0.2) is 23.4 Å². The normalized spacial score (nSPS) is 11.6. The van der Waals surface area contributed by atoms with Gasteiger partial charge in [-0.05, 0) is 19.9 Å². The van der Waals surface area contributed by atoms with Gasteiger partial charge in [0.15, 0.2) is 0 Å². The predicted molar refractivity (Wildman–Crippen MR) is 84.3 cm³/mol. The van der Waals surface area contributed by atoms with Crippen LogP contribution >= 0.6 is 22.9 Å². The van der Waals surface area contributed by atoms with Crippen molar-refractivity contribution in [3.8, 4) is 0 Å². The van der Waals surface area contributed by atoms with Crippen LogP contribution in [0.3, 0.4) is 0 Å². The molecule has 0 saturated heterocycles. The fraction of sp³-hybridized carbons (Fsp3) is 0.333. The van der Waals surface area contributed by atoms with E-state index in [4.69, 9.17) is 11.6 Å². The smallest absolute Gasteiger partial charge is 0.242 e. The van der Waals surface area contributed by atoms with Crippen molar-refractivity contribution in [1.82, 2.24) is 14.7 Å². The van der Waals surface area contributed by atoms with Crippen molar-refractivity contribution in [2.24, 2.45) is 0 Å². The molecule has 114 valence electrons. The second kappa shape index (κ2) is 6.69. The summed E-state index contributed by atoms with van der Waals surface area (Å²) in [5.41, 5.74) is 0. The van der Waals surface area contributed by atoms with Crippen LogP contribution in [0.5, 0.6) is 0 Å². The number of rotatable bonds is 6. The van der Waals surface area contributed by atoms with E-state index < -0.39 is 10.0 Å². The van der Waals surface area contributed by atoms with Crippen molar-refractivity contribution >= 4 is 38.8 Å². The van der Waals surface area contributed by atoms with Crippen LogP contribution in [-0.2, 0) is 16.6 Å². The molecule has 0 atom stereocenters. The van der Waals surface area contributed by atoms with E-state index in [1.807, 2.05) is 13.8 Å². The molecule has 0 spiro atoms. The lowest BCUT2D eigenvalue weighted by Gasteiger charge is -2.08. The van der Waals surface area contributed by atoms with Gasteiger partial charge >= 0.3 is 0 Å². The minimum absolute atomic E-state index is 0.0374. The Balaban J connectivity index is 2.13. The lowest BCUT2D eigenvalue weighted by molar-refractivity contribution is 0.581. The summed E-state index contributed by atoms with van der Waals surface area (Å²) in [4.78, 5) is 8.98. The van der Waals surface area contributed by atoms with Gasteiger partial charge in [-0.2, -0.15) is 0 Å². The molecule has 0 unspecified atom stereocenters. The number of aryl methyl sites for hydroxylation is 1. The summed E-state index contributed by atoms with van der Waals surface area (Å²) in [6.45, 7) is 4.62. The van der Waals surface area contributed by atoms with Crippen LogP contribution < -0.4 is 10.0 Å². The highest BCUT2D eigenvalue weighted by Gasteiger charge is 2.16. The number of nitrogens with zero attached hydrogens (tertiary/aromatic N) is 2. The number of hydrogen-bond donors (Lipinski definition) is 2. The average Bonchev–Trinajstić information content (AvgIpc) is 2.85. The van der Waals surface area contributed by atoms with Gasteiger partial charge in [0.05, 0.1) is 10.0 Å². The molecule has 0 aliphatic rings. The highest BCUT2D eigenvalue weighted by atomic mass is 35.5. The molecule has 9 heteroatoms. The Kier molecular flexibility index (Phi) is 5.15. The fourth-order valence-corrected chi connectivity index (χ4v) is 3.70. The van der Waals surface area contributed by atoms with Gasteiger partial charge in [0.1, 0.15) is 10.7 Å². The zero-order valence-corrected chi connectivity index (χ0v) is 13.9. The molecule has 21 heavy (non-hydrogen) atoms. The van der Waals surface area contributed by atoms with E-state index in [0.717, 1.165) is 9.88 Å². The largest absolute Gasteiger partial charge is 0.369 e. The standard InChI is InChI=1S/C12H15ClN4O2S2/c1-3-14-12-11(13)4-10(7-16-12)21(18,19)17-6-9-5-15-8(2)20-9/h4-5,7,17H,3,6H2,1-2H3,(H,14,16). The SMILES string of the molecule is CCNc1ncc(S(=O)(=O)NCc2cnc(C)s2)cc1Cl. The van der Waals surface area contributed by atoms with Gasteiger partial charge in [-0.1, -0.05) is 11.6 Å². The van der Waals surface area contributed by atoms with Gasteiger partial charge in [-0.15, -0.1) is 11.3 Å². The number of sulfonamides is 1. The number of hydrogen-bond acceptors (Lipinski definition) is 6. The van der Waals surface area contributed by atoms with E-state index in [9.17, 15) is 8.42 Å². The van der Waals surface area contributed by atoms with Crippen molar-refractivity contribution in [2.45, 2.75) is 25.3 Å². The molecule has 2 heterocycles. The second-order valence-electron chi connectivity index (χ2n) is 4.20. The zero-order chi connectivity index (χ0) is 15.5. The van der Waals surface area contributed by atoms with Gasteiger partial charge in [0.2, 0.25) is 10.0 Å². The predicted octanol–water partition coefficient (Wildman–Crippen LogP) is 2.41. The lowest BCUT2D eigenvalue weighted by Crippen LogP contribution is -2.23. The number of thiazole rings is 1. The molecular formula is C12H15ClN4O2S2. The summed E-state index contributed by atoms with van der Waals surface area (Å²) in [5, 5.41) is 4.11. The van der Waals surface area contributed by atoms with Gasteiger partial charge in [-0.3, -0.25) is 0 Å². The van der Waals surface area contributed by atoms with Crippen molar-refractivity contribution < 1.29 is 8.42 Å². The molecule has 2 rings (SSSR count). The topological polar surface area (TPSA) is 84.0 Å². The third kappa shape index (κ3) is 4.13. The van der Waals surface area contributed by atoms with E-state index >= 15 is 0 Å². The molecule has 0 bridgehead atoms. The molecule has 2 aromatic heterocycles. The van der Waals surface area contributed by atoms with Crippen LogP contribution in [0.2, 0.25) is 5.02 Å². The number of anilines is 1. The minimum Gasteiger partial charge on any atom is -0.369 e. The maximum absolute atomic E-state index is 12.2. The van der Waals surface area contributed by atoms with Crippen molar-refractivity contribution in [3.63, 3.8) is 0 Å². The Morgan fingerprint density at radius 2 is 2.10 bits per heavy atom. The van der Waals surface area contributed by atoms with E-state index in [2.05, 4.69) is 20.0 Å². The first kappa shape index (κ1) is 16.2. The quantitative estimate of drug-likeness (QED) is 0.839. The van der Waals surface area contributed by atoms with Gasteiger partial charge in [0.25, 0.3) is 0 Å². The van der Waals surface area contributed by atoms with Crippen LogP contribution in [0.1, 0.15) is 16.8 Å². The van der Waals surface area contributed by atoms with Crippen LogP contribution in [-0.4, -0.2) is 24.9 Å². The first-order valence-electron chi connectivity index (χ1n) is 6.22. The third-order valence-corrected chi connectivity index (χ3v) is 5.15. The zero-order valence-electron chi connectivity index (χ0n) is 11.6. The maximum Gasteiger partial charge on any atom is 0.242 e. The molecule has 0 aliphatic heterocycles. The minimum atomic E-state index is -3.65. The Bertz CT molecular complexity index is 731. The molecular weight excluding hydrogens is 332 g/mol. The Morgan fingerprint density at radius 3 is 2.67 bits per heavy atom. The fourth-order valence-electron chi connectivity index (χ4n) is 1.60. The van der Waals surface area contributed by atoms with E-state index in [1.165, 1.54) is 23.6 Å². The lowest BCUT2D eigenvalue weighted by atomic mass is 10.4. The first-order valence-corrected chi connectivity index (χ1v) is 8.90. The molecule has 0 aliphatic carbocycles. The van der Waals surface area contributed by atoms with Gasteiger partial charge in [0, 0.05) is 30.4 Å². The summed E-state index contributed by atoms with van der Waals surface area (Å²) < 4.78 is 26.9. The molecule has 0 saturated carbocycles. The van der Waals surface area contributed by atoms with Gasteiger partial charge in [-0.25, -0.2) is 23.1 Å². The number of pyridine rings is 1. The average molecular weight is 347 g/mol. The second-order valence-corrected chi connectivity index (χ2v) is 7.70. The molecule has 2 aromatic rings. The number of aromatic nitrogens is 2. The summed E-state index contributed by atoms with van der Waals surface area (Å²) in [6, 6.07) is 1.38. The molecule has 0 amide bonds. The number of halogens is 1. The van der Waals surface area contributed by atoms with E-state index in [0.29, 0.717) is 12.4 Å². The first-order chi connectivity index (χ1) is 9.92. The van der Waals surface area contributed by atoms with E-state index in [-0.39, 0.29) is 16.5 Å². The summed E-state index contributed by atoms with van der Waals surface area (Å²) >= 11 is 7.46. The summed E-state index contributed by atoms with van der Waals surface area (Å²) in [6.07, 6.45) is 2.94. The maximum atomic E-state index is 12.2. The molecule has 0 aromatic carbocycles. The Morgan fingerprint density at radius 1 is 1.33 bits per heavy atom. The number of nitrogens with one attached hydrogen (secondary N) is 2. The highest BCUT2D eigenvalue weighted by molar-refractivity contribution is 7.89. The van der Waals surface area contributed by atoms with Crippen LogP contribution in [0, 0.1) is 6.92 Å². The molecule has 0 radical (unpaired) electrons. The Hall–Kier alpha value is -1.22.